The summed E-state index contributed by atoms with van der Waals surface area (Å²) < 4.78 is 20.1. The van der Waals surface area contributed by atoms with Gasteiger partial charge in [0.05, 0.1) is 16.3 Å². The number of fused-ring (bicyclic) bond motifs is 1. The molecule has 0 bridgehead atoms. The van der Waals surface area contributed by atoms with Crippen LogP contribution in [0.15, 0.2) is 30.3 Å². The fourth-order valence-electron chi connectivity index (χ4n) is 4.06. The zero-order valence-electron chi connectivity index (χ0n) is 20.6. The Morgan fingerprint density at radius 1 is 1.15 bits per heavy atom. The molecule has 184 valence electrons. The second-order valence-corrected chi connectivity index (χ2v) is 10.6. The van der Waals surface area contributed by atoms with Crippen LogP contribution in [0.4, 0.5) is 14.9 Å². The van der Waals surface area contributed by atoms with Gasteiger partial charge in [-0.15, -0.1) is 0 Å². The van der Waals surface area contributed by atoms with Crippen LogP contribution in [0.1, 0.15) is 68.1 Å². The van der Waals surface area contributed by atoms with Crippen LogP contribution < -0.4 is 5.32 Å². The van der Waals surface area contributed by atoms with E-state index in [0.29, 0.717) is 43.9 Å². The Labute approximate surface area is 206 Å². The minimum Gasteiger partial charge on any atom is -0.444 e. The van der Waals surface area contributed by atoms with Crippen LogP contribution in [0.5, 0.6) is 0 Å². The maximum absolute atomic E-state index is 14.6. The van der Waals surface area contributed by atoms with E-state index >= 15 is 0 Å². The fraction of sp³-hybridized carbons (Fsp3) is 0.481. The molecule has 2 aromatic rings. The molecule has 5 nitrogen and oxygen atoms in total. The molecule has 0 radical (unpaired) electrons. The van der Waals surface area contributed by atoms with Crippen molar-refractivity contribution in [2.75, 3.05) is 18.4 Å². The molecule has 0 aromatic heterocycles. The van der Waals surface area contributed by atoms with E-state index in [1.165, 1.54) is 6.07 Å². The van der Waals surface area contributed by atoms with Crippen molar-refractivity contribution in [1.82, 2.24) is 4.90 Å². The van der Waals surface area contributed by atoms with Crippen LogP contribution in [-0.4, -0.2) is 35.5 Å². The number of hydrogen-bond donors (Lipinski definition) is 1. The molecule has 3 rings (SSSR count). The summed E-state index contributed by atoms with van der Waals surface area (Å²) in [5, 5.41) is 3.93. The molecule has 0 aliphatic carbocycles. The molecule has 1 amide bonds. The number of nitrogens with zero attached hydrogens (tertiary/aromatic N) is 1. The molecule has 7 heteroatoms. The van der Waals surface area contributed by atoms with E-state index in [1.54, 1.807) is 17.0 Å². The molecule has 1 aliphatic rings. The van der Waals surface area contributed by atoms with E-state index in [-0.39, 0.29) is 23.4 Å². The van der Waals surface area contributed by atoms with Crippen LogP contribution in [0.25, 0.3) is 0 Å². The zero-order valence-corrected chi connectivity index (χ0v) is 21.4. The first-order valence-electron chi connectivity index (χ1n) is 11.8. The standard InChI is InChI=1S/C27H34ClFN2O3/c1-17(2)14-24(32)21-8-6-18(15-23(21)29)16-30-25-20-11-13-31(26(33)34-27(3,4)5)12-10-19(20)7-9-22(25)28/h6-9,15,17,30H,10-14,16H2,1-5H3. The van der Waals surface area contributed by atoms with E-state index in [1.807, 2.05) is 46.8 Å². The van der Waals surface area contributed by atoms with Gasteiger partial charge >= 0.3 is 6.09 Å². The minimum atomic E-state index is -0.545. The second kappa shape index (κ2) is 10.8. The Morgan fingerprint density at radius 2 is 1.85 bits per heavy atom. The molecule has 0 unspecified atom stereocenters. The topological polar surface area (TPSA) is 58.6 Å². The number of rotatable bonds is 6. The highest BCUT2D eigenvalue weighted by Crippen LogP contribution is 2.32. The summed E-state index contributed by atoms with van der Waals surface area (Å²) in [5.41, 5.74) is 3.28. The highest BCUT2D eigenvalue weighted by atomic mass is 35.5. The smallest absolute Gasteiger partial charge is 0.410 e. The molecule has 34 heavy (non-hydrogen) atoms. The number of amides is 1. The molecule has 0 atom stereocenters. The predicted octanol–water partition coefficient (Wildman–Crippen LogP) is 6.66. The number of anilines is 1. The number of halogens is 2. The minimum absolute atomic E-state index is 0.131. The summed E-state index contributed by atoms with van der Waals surface area (Å²) in [4.78, 5) is 26.5. The average molecular weight is 489 g/mol. The Kier molecular flexibility index (Phi) is 8.24. The maximum atomic E-state index is 14.6. The SMILES string of the molecule is CC(C)CC(=O)c1ccc(CNc2c(Cl)ccc3c2CCN(C(=O)OC(C)(C)C)CC3)cc1F. The zero-order chi connectivity index (χ0) is 25.0. The number of benzene rings is 2. The number of ketones is 1. The number of ether oxygens (including phenoxy) is 1. The summed E-state index contributed by atoms with van der Waals surface area (Å²) in [7, 11) is 0. The van der Waals surface area contributed by atoms with Crippen molar-refractivity contribution in [2.45, 2.75) is 66.0 Å². The van der Waals surface area contributed by atoms with Crippen molar-refractivity contribution < 1.29 is 18.7 Å². The van der Waals surface area contributed by atoms with E-state index < -0.39 is 11.4 Å². The molecule has 1 heterocycles. The van der Waals surface area contributed by atoms with Crippen LogP contribution in [-0.2, 0) is 24.1 Å². The maximum Gasteiger partial charge on any atom is 0.410 e. The number of carbonyl (C=O) groups is 2. The largest absolute Gasteiger partial charge is 0.444 e. The van der Waals surface area contributed by atoms with Gasteiger partial charge in [-0.05, 0) is 74.4 Å². The molecule has 1 aliphatic heterocycles. The van der Waals surface area contributed by atoms with Crippen LogP contribution in [0.3, 0.4) is 0 Å². The molecule has 1 N–H and O–H groups in total. The molecular weight excluding hydrogens is 455 g/mol. The summed E-state index contributed by atoms with van der Waals surface area (Å²) in [6.45, 7) is 10.9. The van der Waals surface area contributed by atoms with E-state index in [9.17, 15) is 14.0 Å². The van der Waals surface area contributed by atoms with Gasteiger partial charge in [0.25, 0.3) is 0 Å². The lowest BCUT2D eigenvalue weighted by molar-refractivity contribution is 0.0258. The molecule has 2 aromatic carbocycles. The number of carbonyl (C=O) groups excluding carboxylic acids is 2. The number of Topliss-reactive ketones (excluding diaryl/α,β-unsaturated/α-hetero) is 1. The lowest BCUT2D eigenvalue weighted by atomic mass is 9.99. The Hall–Kier alpha value is -2.60. The van der Waals surface area contributed by atoms with Gasteiger partial charge in [0.2, 0.25) is 0 Å². The van der Waals surface area contributed by atoms with Crippen molar-refractivity contribution in [1.29, 1.82) is 0 Å². The summed E-state index contributed by atoms with van der Waals surface area (Å²) in [6.07, 6.45) is 1.33. The Balaban J connectivity index is 1.73. The van der Waals surface area contributed by atoms with Crippen LogP contribution in [0, 0.1) is 11.7 Å². The van der Waals surface area contributed by atoms with Crippen LogP contribution >= 0.6 is 11.6 Å². The molecule has 0 spiro atoms. The van der Waals surface area contributed by atoms with Gasteiger partial charge in [-0.2, -0.15) is 0 Å². The summed E-state index contributed by atoms with van der Waals surface area (Å²) in [5.74, 6) is -0.510. The van der Waals surface area contributed by atoms with E-state index in [4.69, 9.17) is 16.3 Å². The third kappa shape index (κ3) is 6.72. The van der Waals surface area contributed by atoms with Crippen LogP contribution in [0.2, 0.25) is 5.02 Å². The highest BCUT2D eigenvalue weighted by molar-refractivity contribution is 6.33. The quantitative estimate of drug-likeness (QED) is 0.462. The normalized spacial score (nSPS) is 13.9. The lowest BCUT2D eigenvalue weighted by Crippen LogP contribution is -2.38. The summed E-state index contributed by atoms with van der Waals surface area (Å²) in [6, 6.07) is 8.57. The lowest BCUT2D eigenvalue weighted by Gasteiger charge is -2.26. The van der Waals surface area contributed by atoms with Gasteiger partial charge in [0.1, 0.15) is 11.4 Å². The summed E-state index contributed by atoms with van der Waals surface area (Å²) >= 11 is 6.53. The van der Waals surface area contributed by atoms with E-state index in [2.05, 4.69) is 5.32 Å². The second-order valence-electron chi connectivity index (χ2n) is 10.2. The van der Waals surface area contributed by atoms with Gasteiger partial charge in [-0.3, -0.25) is 4.79 Å². The monoisotopic (exact) mass is 488 g/mol. The predicted molar refractivity (Wildman–Crippen MR) is 134 cm³/mol. The van der Waals surface area contributed by atoms with Gasteiger partial charge in [0.15, 0.2) is 5.78 Å². The molecule has 0 saturated heterocycles. The highest BCUT2D eigenvalue weighted by Gasteiger charge is 2.25. The van der Waals surface area contributed by atoms with Gasteiger partial charge < -0.3 is 15.0 Å². The first kappa shape index (κ1) is 26.0. The van der Waals surface area contributed by atoms with Gasteiger partial charge in [-0.1, -0.05) is 37.6 Å². The van der Waals surface area contributed by atoms with Crippen molar-refractivity contribution >= 4 is 29.2 Å². The van der Waals surface area contributed by atoms with E-state index in [0.717, 1.165) is 22.4 Å². The number of hydrogen-bond acceptors (Lipinski definition) is 4. The molecule has 0 saturated carbocycles. The fourth-order valence-corrected chi connectivity index (χ4v) is 4.31. The molecule has 0 fully saturated rings. The Bertz CT molecular complexity index is 1060. The van der Waals surface area contributed by atoms with Crippen molar-refractivity contribution in [3.8, 4) is 0 Å². The van der Waals surface area contributed by atoms with Crippen molar-refractivity contribution in [3.05, 3.63) is 63.4 Å². The third-order valence-corrected chi connectivity index (χ3v) is 6.01. The third-order valence-electron chi connectivity index (χ3n) is 5.69. The van der Waals surface area contributed by atoms with Crippen molar-refractivity contribution in [2.24, 2.45) is 5.92 Å². The van der Waals surface area contributed by atoms with Crippen molar-refractivity contribution in [3.63, 3.8) is 0 Å². The molecular formula is C27H34ClFN2O3. The Morgan fingerprint density at radius 3 is 2.50 bits per heavy atom. The van der Waals surface area contributed by atoms with Gasteiger partial charge in [-0.25, -0.2) is 9.18 Å². The first-order valence-corrected chi connectivity index (χ1v) is 12.2. The first-order chi connectivity index (χ1) is 15.9. The van der Waals surface area contributed by atoms with Gasteiger partial charge in [0, 0.05) is 26.1 Å². The number of nitrogens with one attached hydrogen (secondary N) is 1. The average Bonchev–Trinajstić information content (AvgIpc) is 2.94.